The van der Waals surface area contributed by atoms with Gasteiger partial charge >= 0.3 is 0 Å². The van der Waals surface area contributed by atoms with E-state index < -0.39 is 6.04 Å². The number of nitrogens with zero attached hydrogens (tertiary/aromatic N) is 5. The Balaban J connectivity index is 1.48. The van der Waals surface area contributed by atoms with E-state index in [0.29, 0.717) is 23.7 Å². The molecule has 0 bridgehead atoms. The fourth-order valence-electron chi connectivity index (χ4n) is 4.84. The topological polar surface area (TPSA) is 79.3 Å². The number of carbonyl (C=O) groups excluding carboxylic acids is 1. The second kappa shape index (κ2) is 7.41. The van der Waals surface area contributed by atoms with E-state index >= 15 is 4.39 Å². The van der Waals surface area contributed by atoms with Gasteiger partial charge in [-0.2, -0.15) is 5.10 Å². The van der Waals surface area contributed by atoms with Crippen LogP contribution in [0.3, 0.4) is 0 Å². The molecule has 6 rings (SSSR count). The molecule has 168 valence electrons. The van der Waals surface area contributed by atoms with Crippen LogP contribution in [0.25, 0.3) is 11.0 Å². The molecule has 0 aliphatic carbocycles. The summed E-state index contributed by atoms with van der Waals surface area (Å²) in [5.74, 6) is -0.606. The maximum absolute atomic E-state index is 15.7. The summed E-state index contributed by atoms with van der Waals surface area (Å²) in [6.07, 6.45) is 2.52. The smallest absolute Gasteiger partial charge is 0.280 e. The summed E-state index contributed by atoms with van der Waals surface area (Å²) in [5, 5.41) is 4.45. The molecule has 33 heavy (non-hydrogen) atoms. The summed E-state index contributed by atoms with van der Waals surface area (Å²) in [5.41, 5.74) is 5.41. The van der Waals surface area contributed by atoms with E-state index in [9.17, 15) is 4.79 Å². The summed E-state index contributed by atoms with van der Waals surface area (Å²) in [6, 6.07) is 10.2. The van der Waals surface area contributed by atoms with Crippen LogP contribution in [0.15, 0.2) is 42.7 Å². The summed E-state index contributed by atoms with van der Waals surface area (Å²) in [4.78, 5) is 24.5. The Morgan fingerprint density at radius 1 is 1.18 bits per heavy atom. The number of amides is 1. The van der Waals surface area contributed by atoms with E-state index in [1.54, 1.807) is 29.0 Å². The summed E-state index contributed by atoms with van der Waals surface area (Å²) >= 11 is 0. The molecule has 2 aromatic carbocycles. The minimum absolute atomic E-state index is 0.245. The Hall–Kier alpha value is -3.72. The minimum atomic E-state index is -0.617. The largest absolute Gasteiger partial charge is 0.361 e. The monoisotopic (exact) mass is 446 g/mol. The highest BCUT2D eigenvalue weighted by Gasteiger charge is 2.44. The highest BCUT2D eigenvalue weighted by atomic mass is 19.1. The zero-order chi connectivity index (χ0) is 22.7. The molecule has 4 aromatic rings. The van der Waals surface area contributed by atoms with Crippen LogP contribution in [-0.2, 0) is 11.8 Å². The third-order valence-electron chi connectivity index (χ3n) is 6.62. The third kappa shape index (κ3) is 3.03. The number of H-pyrrole nitrogens is 1. The molecule has 2 aliphatic rings. The number of aryl methyl sites for hydroxylation is 1. The van der Waals surface area contributed by atoms with Crippen LogP contribution < -0.4 is 9.80 Å². The molecule has 1 saturated heterocycles. The molecule has 1 unspecified atom stereocenters. The van der Waals surface area contributed by atoms with Gasteiger partial charge in [0.15, 0.2) is 5.69 Å². The molecule has 0 saturated carbocycles. The van der Waals surface area contributed by atoms with Gasteiger partial charge in [-0.25, -0.2) is 9.37 Å². The zero-order valence-corrected chi connectivity index (χ0v) is 18.4. The van der Waals surface area contributed by atoms with Gasteiger partial charge in [0.25, 0.3) is 5.91 Å². The highest BCUT2D eigenvalue weighted by Crippen LogP contribution is 2.44. The average Bonchev–Trinajstić information content (AvgIpc) is 3.49. The molecule has 1 fully saturated rings. The number of ether oxygens (including phenoxy) is 1. The van der Waals surface area contributed by atoms with Gasteiger partial charge in [-0.05, 0) is 43.7 Å². The Morgan fingerprint density at radius 2 is 2.03 bits per heavy atom. The number of benzene rings is 2. The summed E-state index contributed by atoms with van der Waals surface area (Å²) in [7, 11) is 1.80. The highest BCUT2D eigenvalue weighted by molar-refractivity contribution is 6.11. The van der Waals surface area contributed by atoms with Gasteiger partial charge < -0.3 is 14.6 Å². The Labute approximate surface area is 189 Å². The lowest BCUT2D eigenvalue weighted by molar-refractivity contribution is 0.0988. The van der Waals surface area contributed by atoms with Crippen molar-refractivity contribution in [1.29, 1.82) is 0 Å². The van der Waals surface area contributed by atoms with Crippen LogP contribution in [0, 0.1) is 12.7 Å². The third-order valence-corrected chi connectivity index (χ3v) is 6.62. The Bertz CT molecular complexity index is 1390. The maximum Gasteiger partial charge on any atom is 0.280 e. The van der Waals surface area contributed by atoms with Gasteiger partial charge in [0.2, 0.25) is 0 Å². The van der Waals surface area contributed by atoms with E-state index in [-0.39, 0.29) is 11.7 Å². The van der Waals surface area contributed by atoms with Gasteiger partial charge in [-0.15, -0.1) is 0 Å². The van der Waals surface area contributed by atoms with Crippen molar-refractivity contribution in [1.82, 2.24) is 19.7 Å². The summed E-state index contributed by atoms with van der Waals surface area (Å²) in [6.45, 7) is 3.90. The van der Waals surface area contributed by atoms with Crippen molar-refractivity contribution in [2.75, 3.05) is 29.7 Å². The second-order valence-electron chi connectivity index (χ2n) is 8.51. The molecular weight excluding hydrogens is 423 g/mol. The number of imidazole rings is 1. The number of hydrogen-bond acceptors (Lipinski definition) is 5. The van der Waals surface area contributed by atoms with Crippen molar-refractivity contribution in [3.8, 4) is 0 Å². The van der Waals surface area contributed by atoms with Gasteiger partial charge in [0.05, 0.1) is 30.0 Å². The van der Waals surface area contributed by atoms with Gasteiger partial charge in [0, 0.05) is 41.8 Å². The molecule has 1 amide bonds. The minimum Gasteiger partial charge on any atom is -0.361 e. The lowest BCUT2D eigenvalue weighted by Crippen LogP contribution is -2.33. The van der Waals surface area contributed by atoms with E-state index in [0.717, 1.165) is 47.6 Å². The quantitative estimate of drug-likeness (QED) is 0.519. The number of aromatic amines is 1. The van der Waals surface area contributed by atoms with Crippen molar-refractivity contribution < 1.29 is 13.9 Å². The van der Waals surface area contributed by atoms with Gasteiger partial charge in [0.1, 0.15) is 12.5 Å². The fraction of sp³-hybridized carbons (Fsp3) is 0.292. The van der Waals surface area contributed by atoms with Crippen LogP contribution in [0.5, 0.6) is 0 Å². The maximum atomic E-state index is 15.7. The van der Waals surface area contributed by atoms with Crippen LogP contribution in [0.1, 0.15) is 39.8 Å². The number of rotatable bonds is 3. The first kappa shape index (κ1) is 19.9. The molecule has 0 radical (unpaired) electrons. The van der Waals surface area contributed by atoms with Crippen molar-refractivity contribution >= 4 is 28.3 Å². The predicted octanol–water partition coefficient (Wildman–Crippen LogP) is 3.68. The van der Waals surface area contributed by atoms with Crippen LogP contribution in [0.4, 0.5) is 15.8 Å². The number of aromatic nitrogens is 4. The lowest BCUT2D eigenvalue weighted by Gasteiger charge is -2.30. The SMILES string of the molecule is Cc1c2c(nn1C)C(=O)N(c1ccc3nc[nH]c3c1)C2c1ccc(N2CCCOC2)cc1F. The molecule has 2 aromatic heterocycles. The standard InChI is InChI=1S/C24H23FN6O2/c1-14-21-22(28-29(14)2)24(32)31(16-5-7-19-20(11-16)27-12-26-19)23(21)17-6-4-15(10-18(17)25)30-8-3-9-33-13-30/h4-7,10-12,23H,3,8-9,13H2,1-2H3,(H,26,27). The van der Waals surface area contributed by atoms with E-state index in [1.165, 1.54) is 6.07 Å². The molecule has 1 atom stereocenters. The molecular formula is C24H23FN6O2. The number of anilines is 2. The molecule has 8 nitrogen and oxygen atoms in total. The molecule has 0 spiro atoms. The van der Waals surface area contributed by atoms with Gasteiger partial charge in [-0.3, -0.25) is 14.4 Å². The summed E-state index contributed by atoms with van der Waals surface area (Å²) < 4.78 is 22.9. The first-order valence-electron chi connectivity index (χ1n) is 11.0. The zero-order valence-electron chi connectivity index (χ0n) is 18.4. The number of fused-ring (bicyclic) bond motifs is 2. The van der Waals surface area contributed by atoms with E-state index in [2.05, 4.69) is 15.1 Å². The molecule has 4 heterocycles. The van der Waals surface area contributed by atoms with E-state index in [4.69, 9.17) is 4.74 Å². The van der Waals surface area contributed by atoms with Crippen LogP contribution in [0.2, 0.25) is 0 Å². The molecule has 2 aliphatic heterocycles. The Kier molecular flexibility index (Phi) is 4.48. The average molecular weight is 446 g/mol. The first-order valence-corrected chi connectivity index (χ1v) is 11.0. The second-order valence-corrected chi connectivity index (χ2v) is 8.51. The predicted molar refractivity (Wildman–Crippen MR) is 122 cm³/mol. The normalized spacial score (nSPS) is 18.4. The van der Waals surface area contributed by atoms with Crippen LogP contribution in [-0.4, -0.2) is 45.5 Å². The van der Waals surface area contributed by atoms with Gasteiger partial charge in [-0.1, -0.05) is 6.07 Å². The Morgan fingerprint density at radius 3 is 2.82 bits per heavy atom. The molecule has 1 N–H and O–H groups in total. The van der Waals surface area contributed by atoms with E-state index in [1.807, 2.05) is 36.1 Å². The first-order chi connectivity index (χ1) is 16.0. The van der Waals surface area contributed by atoms with Crippen molar-refractivity contribution in [3.63, 3.8) is 0 Å². The number of nitrogens with one attached hydrogen (secondary N) is 1. The molecule has 9 heteroatoms. The number of halogens is 1. The lowest BCUT2D eigenvalue weighted by atomic mass is 9.97. The van der Waals surface area contributed by atoms with Crippen molar-refractivity contribution in [2.24, 2.45) is 7.05 Å². The number of carbonyl (C=O) groups is 1. The number of hydrogen-bond donors (Lipinski definition) is 1. The fourth-order valence-corrected chi connectivity index (χ4v) is 4.84. The van der Waals surface area contributed by atoms with Crippen molar-refractivity contribution in [3.05, 3.63) is 71.1 Å². The van der Waals surface area contributed by atoms with Crippen molar-refractivity contribution in [2.45, 2.75) is 19.4 Å². The van der Waals surface area contributed by atoms with Crippen LogP contribution >= 0.6 is 0 Å².